The molecule has 1 fully saturated rings. The molecule has 10 heteroatoms. The molecule has 1 aliphatic rings. The van der Waals surface area contributed by atoms with Crippen molar-refractivity contribution in [2.75, 3.05) is 31.1 Å². The Morgan fingerprint density at radius 2 is 1.88 bits per heavy atom. The van der Waals surface area contributed by atoms with Crippen molar-refractivity contribution in [2.24, 2.45) is 0 Å². The molecule has 0 atom stereocenters. The third-order valence-electron chi connectivity index (χ3n) is 4.33. The van der Waals surface area contributed by atoms with Gasteiger partial charge in [0.25, 0.3) is 11.0 Å². The van der Waals surface area contributed by atoms with Crippen LogP contribution in [0, 0.1) is 10.4 Å². The van der Waals surface area contributed by atoms with Gasteiger partial charge >= 0.3 is 17.6 Å². The number of anilines is 1. The predicted octanol–water partition coefficient (Wildman–Crippen LogP) is 1.13. The van der Waals surface area contributed by atoms with Crippen LogP contribution in [-0.4, -0.2) is 32.0 Å². The summed E-state index contributed by atoms with van der Waals surface area (Å²) in [4.78, 5) is 13.6. The van der Waals surface area contributed by atoms with E-state index in [2.05, 4.69) is 5.32 Å². The maximum atomic E-state index is 13.3. The summed E-state index contributed by atoms with van der Waals surface area (Å²) in [6.07, 6.45) is -4.26. The van der Waals surface area contributed by atoms with Gasteiger partial charge in [-0.15, -0.1) is 4.73 Å². The number of nitrogens with zero attached hydrogens (tertiary/aromatic N) is 3. The lowest BCUT2D eigenvalue weighted by atomic mass is 10.1. The van der Waals surface area contributed by atoms with Crippen LogP contribution in [0.4, 0.5) is 18.9 Å². The summed E-state index contributed by atoms with van der Waals surface area (Å²) < 4.78 is 39.3. The van der Waals surface area contributed by atoms with Gasteiger partial charge < -0.3 is 20.6 Å². The van der Waals surface area contributed by atoms with Crippen molar-refractivity contribution in [1.29, 1.82) is 0 Å². The molecule has 0 unspecified atom stereocenters. The monoisotopic (exact) mass is 370 g/mol. The van der Waals surface area contributed by atoms with Crippen LogP contribution in [0.2, 0.25) is 0 Å². The van der Waals surface area contributed by atoms with Crippen molar-refractivity contribution < 1.29 is 27.4 Å². The number of hydrogen-bond acceptors (Lipinski definition) is 5. The van der Waals surface area contributed by atoms with E-state index < -0.39 is 28.9 Å². The van der Waals surface area contributed by atoms with Gasteiger partial charge in [0.15, 0.2) is 0 Å². The summed E-state index contributed by atoms with van der Waals surface area (Å²) in [6, 6.07) is 4.05. The standard InChI is InChI=1S/C16H17F3N4O3/c1-10(24)14-15(16(17,18)19)23(26)12-4-3-11(9-13(12)22(14)25)21-7-2-5-20-6-8-21/h3-4,9,20H,2,5-8H2,1H3. The molecule has 0 radical (unpaired) electrons. The molecule has 26 heavy (non-hydrogen) atoms. The van der Waals surface area contributed by atoms with Gasteiger partial charge in [0.1, 0.15) is 0 Å². The average Bonchev–Trinajstić information content (AvgIpc) is 2.85. The first kappa shape index (κ1) is 18.2. The van der Waals surface area contributed by atoms with Crippen molar-refractivity contribution in [2.45, 2.75) is 19.5 Å². The molecule has 0 aliphatic carbocycles. The lowest BCUT2D eigenvalue weighted by Crippen LogP contribution is -2.49. The minimum atomic E-state index is -5.13. The van der Waals surface area contributed by atoms with Crippen molar-refractivity contribution in [3.05, 3.63) is 40.0 Å². The number of Topliss-reactive ketones (excluding diaryl/α,β-unsaturated/α-hetero) is 1. The molecule has 0 bridgehead atoms. The molecular weight excluding hydrogens is 353 g/mol. The Hall–Kier alpha value is -2.62. The zero-order valence-corrected chi connectivity index (χ0v) is 14.0. The molecule has 1 saturated heterocycles. The molecule has 1 N–H and O–H groups in total. The van der Waals surface area contributed by atoms with Crippen LogP contribution in [0.3, 0.4) is 0 Å². The zero-order valence-electron chi connectivity index (χ0n) is 14.0. The van der Waals surface area contributed by atoms with E-state index in [0.29, 0.717) is 18.8 Å². The summed E-state index contributed by atoms with van der Waals surface area (Å²) in [6.45, 7) is 3.75. The van der Waals surface area contributed by atoms with Crippen LogP contribution in [0.25, 0.3) is 11.0 Å². The number of carbonyl (C=O) groups is 1. The summed E-state index contributed by atoms with van der Waals surface area (Å²) in [5.41, 5.74) is -3.09. The third-order valence-corrected chi connectivity index (χ3v) is 4.33. The van der Waals surface area contributed by atoms with E-state index in [0.717, 1.165) is 26.4 Å². The second-order valence-corrected chi connectivity index (χ2v) is 6.10. The van der Waals surface area contributed by atoms with Gasteiger partial charge in [-0.3, -0.25) is 4.79 Å². The Labute approximate surface area is 146 Å². The molecular formula is C16H17F3N4O3. The maximum Gasteiger partial charge on any atom is 0.486 e. The number of alkyl halides is 3. The van der Waals surface area contributed by atoms with E-state index in [1.54, 1.807) is 0 Å². The lowest BCUT2D eigenvalue weighted by Gasteiger charge is -2.22. The van der Waals surface area contributed by atoms with Crippen LogP contribution < -0.4 is 19.7 Å². The van der Waals surface area contributed by atoms with E-state index in [-0.39, 0.29) is 15.0 Å². The molecule has 0 spiro atoms. The molecule has 1 aliphatic heterocycles. The van der Waals surface area contributed by atoms with E-state index in [1.807, 2.05) is 4.90 Å². The second kappa shape index (κ2) is 6.60. The summed E-state index contributed by atoms with van der Waals surface area (Å²) in [5.74, 6) is -1.12. The summed E-state index contributed by atoms with van der Waals surface area (Å²) in [5, 5.41) is 28.0. The predicted molar refractivity (Wildman–Crippen MR) is 86.6 cm³/mol. The largest absolute Gasteiger partial charge is 0.618 e. The molecule has 3 rings (SSSR count). The van der Waals surface area contributed by atoms with Gasteiger partial charge in [-0.25, -0.2) is 0 Å². The highest BCUT2D eigenvalue weighted by molar-refractivity contribution is 5.92. The lowest BCUT2D eigenvalue weighted by molar-refractivity contribution is -0.647. The number of fused-ring (bicyclic) bond motifs is 1. The fourth-order valence-electron chi connectivity index (χ4n) is 3.14. The number of nitrogens with one attached hydrogen (secondary N) is 1. The summed E-state index contributed by atoms with van der Waals surface area (Å²) in [7, 11) is 0. The number of benzene rings is 1. The molecule has 140 valence electrons. The first-order valence-corrected chi connectivity index (χ1v) is 8.08. The van der Waals surface area contributed by atoms with Gasteiger partial charge in [0.2, 0.25) is 5.78 Å². The zero-order chi connectivity index (χ0) is 19.1. The molecule has 1 aromatic carbocycles. The Kier molecular flexibility index (Phi) is 4.61. The highest BCUT2D eigenvalue weighted by Crippen LogP contribution is 2.30. The summed E-state index contributed by atoms with van der Waals surface area (Å²) >= 11 is 0. The average molecular weight is 370 g/mol. The number of carbonyl (C=O) groups excluding carboxylic acids is 1. The van der Waals surface area contributed by atoms with Crippen LogP contribution in [0.1, 0.15) is 29.5 Å². The Morgan fingerprint density at radius 3 is 2.54 bits per heavy atom. The fourth-order valence-corrected chi connectivity index (χ4v) is 3.14. The molecule has 2 aromatic rings. The SMILES string of the molecule is CC(=O)c1c(C(F)(F)F)[n+]([O-])c2ccc(N3CCCNCC3)cc2[n+]1[O-]. The van der Waals surface area contributed by atoms with Gasteiger partial charge in [-0.1, -0.05) is 0 Å². The molecule has 1 aromatic heterocycles. The number of rotatable bonds is 2. The molecule has 2 heterocycles. The Bertz CT molecular complexity index is 862. The third kappa shape index (κ3) is 3.12. The normalized spacial score (nSPS) is 15.9. The van der Waals surface area contributed by atoms with Gasteiger partial charge in [0.05, 0.1) is 0 Å². The number of halogens is 3. The van der Waals surface area contributed by atoms with Crippen molar-refractivity contribution >= 4 is 22.5 Å². The first-order valence-electron chi connectivity index (χ1n) is 8.08. The second-order valence-electron chi connectivity index (χ2n) is 6.10. The van der Waals surface area contributed by atoms with Gasteiger partial charge in [-0.2, -0.15) is 17.9 Å². The molecule has 0 saturated carbocycles. The number of aromatic nitrogens is 2. The van der Waals surface area contributed by atoms with Crippen LogP contribution in [0.15, 0.2) is 18.2 Å². The Morgan fingerprint density at radius 1 is 1.15 bits per heavy atom. The molecule has 7 nitrogen and oxygen atoms in total. The number of ketones is 1. The van der Waals surface area contributed by atoms with E-state index in [4.69, 9.17) is 0 Å². The van der Waals surface area contributed by atoms with Gasteiger partial charge in [0, 0.05) is 44.4 Å². The first-order chi connectivity index (χ1) is 12.2. The fraction of sp³-hybridized carbons (Fsp3) is 0.438. The van der Waals surface area contributed by atoms with E-state index >= 15 is 0 Å². The topological polar surface area (TPSA) is 86.2 Å². The molecule has 0 amide bonds. The minimum Gasteiger partial charge on any atom is -0.618 e. The Balaban J connectivity index is 2.24. The van der Waals surface area contributed by atoms with Crippen LogP contribution in [0.5, 0.6) is 0 Å². The smallest absolute Gasteiger partial charge is 0.486 e. The van der Waals surface area contributed by atoms with Gasteiger partial charge in [-0.05, 0) is 19.0 Å². The van der Waals surface area contributed by atoms with Crippen molar-refractivity contribution in [1.82, 2.24) is 5.32 Å². The van der Waals surface area contributed by atoms with E-state index in [9.17, 15) is 28.4 Å². The van der Waals surface area contributed by atoms with Crippen molar-refractivity contribution in [3.63, 3.8) is 0 Å². The highest BCUT2D eigenvalue weighted by atomic mass is 19.4. The maximum absolute atomic E-state index is 13.3. The minimum absolute atomic E-state index is 0.0888. The van der Waals surface area contributed by atoms with Crippen molar-refractivity contribution in [3.8, 4) is 0 Å². The van der Waals surface area contributed by atoms with Crippen LogP contribution in [-0.2, 0) is 6.18 Å². The highest BCUT2D eigenvalue weighted by Gasteiger charge is 2.50. The van der Waals surface area contributed by atoms with Crippen LogP contribution >= 0.6 is 0 Å². The quantitative estimate of drug-likeness (QED) is 0.487. The number of hydrogen-bond donors (Lipinski definition) is 1. The van der Waals surface area contributed by atoms with E-state index in [1.165, 1.54) is 18.2 Å².